The van der Waals surface area contributed by atoms with Crippen molar-refractivity contribution in [3.05, 3.63) is 34.8 Å². The van der Waals surface area contributed by atoms with Crippen molar-refractivity contribution in [1.29, 1.82) is 0 Å². The Labute approximate surface area is 76.6 Å². The highest BCUT2D eigenvalue weighted by atomic mass is 16.5. The summed E-state index contributed by atoms with van der Waals surface area (Å²) < 4.78 is 0.607. The lowest BCUT2D eigenvalue weighted by Crippen LogP contribution is -2.29. The van der Waals surface area contributed by atoms with Gasteiger partial charge in [-0.05, 0) is 12.0 Å². The SMILES string of the molecule is CC(C)c1cc(C(N)=O)c[n+]([O-])c1. The number of carbonyl (C=O) groups excluding carboxylic acids is 1. The lowest BCUT2D eigenvalue weighted by atomic mass is 10.0. The number of primary amides is 1. The van der Waals surface area contributed by atoms with Crippen LogP contribution in [-0.4, -0.2) is 5.91 Å². The molecule has 2 N–H and O–H groups in total. The first-order valence-electron chi connectivity index (χ1n) is 4.04. The number of hydrogen-bond donors (Lipinski definition) is 1. The van der Waals surface area contributed by atoms with Gasteiger partial charge in [0.1, 0.15) is 5.56 Å². The van der Waals surface area contributed by atoms with Crippen molar-refractivity contribution in [2.45, 2.75) is 19.8 Å². The van der Waals surface area contributed by atoms with Gasteiger partial charge < -0.3 is 10.9 Å². The third kappa shape index (κ3) is 2.18. The van der Waals surface area contributed by atoms with Gasteiger partial charge in [-0.15, -0.1) is 0 Å². The second kappa shape index (κ2) is 3.43. The van der Waals surface area contributed by atoms with Gasteiger partial charge in [0.15, 0.2) is 12.4 Å². The average molecular weight is 180 g/mol. The fourth-order valence-corrected chi connectivity index (χ4v) is 1.03. The van der Waals surface area contributed by atoms with Crippen LogP contribution in [0.25, 0.3) is 0 Å². The summed E-state index contributed by atoms with van der Waals surface area (Å²) >= 11 is 0. The predicted molar refractivity (Wildman–Crippen MR) is 48.0 cm³/mol. The number of rotatable bonds is 2. The molecule has 1 aromatic rings. The highest BCUT2D eigenvalue weighted by Gasteiger charge is 2.10. The van der Waals surface area contributed by atoms with Crippen LogP contribution in [0, 0.1) is 5.21 Å². The Hall–Kier alpha value is -1.58. The second-order valence-electron chi connectivity index (χ2n) is 3.24. The molecule has 0 fully saturated rings. The number of hydrogen-bond acceptors (Lipinski definition) is 2. The summed E-state index contributed by atoms with van der Waals surface area (Å²) in [5.41, 5.74) is 6.12. The van der Waals surface area contributed by atoms with E-state index in [1.807, 2.05) is 13.8 Å². The first-order valence-corrected chi connectivity index (χ1v) is 4.04. The van der Waals surface area contributed by atoms with Crippen LogP contribution in [0.2, 0.25) is 0 Å². The molecule has 70 valence electrons. The minimum atomic E-state index is -0.577. The van der Waals surface area contributed by atoms with Crippen LogP contribution in [0.4, 0.5) is 0 Å². The molecule has 0 saturated heterocycles. The Balaban J connectivity index is 3.19. The van der Waals surface area contributed by atoms with Crippen molar-refractivity contribution in [2.75, 3.05) is 0 Å². The Morgan fingerprint density at radius 2 is 2.15 bits per heavy atom. The van der Waals surface area contributed by atoms with Gasteiger partial charge in [0, 0.05) is 5.56 Å². The monoisotopic (exact) mass is 180 g/mol. The van der Waals surface area contributed by atoms with E-state index in [9.17, 15) is 10.0 Å². The number of carbonyl (C=O) groups is 1. The van der Waals surface area contributed by atoms with Gasteiger partial charge in [0.25, 0.3) is 5.91 Å². The van der Waals surface area contributed by atoms with E-state index in [1.54, 1.807) is 6.07 Å². The largest absolute Gasteiger partial charge is 0.619 e. The van der Waals surface area contributed by atoms with Crippen LogP contribution in [0.1, 0.15) is 35.7 Å². The molecule has 0 unspecified atom stereocenters. The number of pyridine rings is 1. The number of nitrogens with two attached hydrogens (primary N) is 1. The standard InChI is InChI=1S/C9H12N2O2/c1-6(2)7-3-8(9(10)12)5-11(13)4-7/h3-6H,1-2H3,(H2,10,12). The van der Waals surface area contributed by atoms with Crippen LogP contribution >= 0.6 is 0 Å². The highest BCUT2D eigenvalue weighted by molar-refractivity contribution is 5.92. The summed E-state index contributed by atoms with van der Waals surface area (Å²) in [6.45, 7) is 3.89. The molecule has 4 nitrogen and oxygen atoms in total. The van der Waals surface area contributed by atoms with Gasteiger partial charge in [-0.2, -0.15) is 4.73 Å². The van der Waals surface area contributed by atoms with Crippen LogP contribution in [0.3, 0.4) is 0 Å². The molecule has 0 atom stereocenters. The molecule has 13 heavy (non-hydrogen) atoms. The van der Waals surface area contributed by atoms with E-state index in [-0.39, 0.29) is 11.5 Å². The second-order valence-corrected chi connectivity index (χ2v) is 3.24. The molecule has 0 radical (unpaired) electrons. The van der Waals surface area contributed by atoms with Crippen LogP contribution < -0.4 is 10.5 Å². The van der Waals surface area contributed by atoms with Gasteiger partial charge in [-0.1, -0.05) is 13.8 Å². The van der Waals surface area contributed by atoms with Gasteiger partial charge >= 0.3 is 0 Å². The lowest BCUT2D eigenvalue weighted by Gasteiger charge is -2.05. The number of amides is 1. The maximum atomic E-state index is 11.0. The molecule has 1 heterocycles. The summed E-state index contributed by atoms with van der Waals surface area (Å²) in [6.07, 6.45) is 2.62. The highest BCUT2D eigenvalue weighted by Crippen LogP contribution is 2.12. The van der Waals surface area contributed by atoms with E-state index in [0.29, 0.717) is 4.73 Å². The first kappa shape index (κ1) is 9.51. The maximum absolute atomic E-state index is 11.0. The quantitative estimate of drug-likeness (QED) is 0.533. The van der Waals surface area contributed by atoms with Gasteiger partial charge in [-0.25, -0.2) is 0 Å². The molecule has 0 bridgehead atoms. The topological polar surface area (TPSA) is 70.0 Å². The zero-order chi connectivity index (χ0) is 10.0. The summed E-state index contributed by atoms with van der Waals surface area (Å²) in [6, 6.07) is 1.64. The summed E-state index contributed by atoms with van der Waals surface area (Å²) in [4.78, 5) is 10.8. The third-order valence-corrected chi connectivity index (χ3v) is 1.82. The Morgan fingerprint density at radius 1 is 1.54 bits per heavy atom. The van der Waals surface area contributed by atoms with E-state index in [1.165, 1.54) is 12.4 Å². The smallest absolute Gasteiger partial charge is 0.254 e. The molecule has 1 rings (SSSR count). The van der Waals surface area contributed by atoms with Gasteiger partial charge in [0.2, 0.25) is 0 Å². The molecule has 1 amide bonds. The molecule has 0 saturated carbocycles. The van der Waals surface area contributed by atoms with Crippen molar-refractivity contribution in [2.24, 2.45) is 5.73 Å². The Bertz CT molecular complexity index is 334. The summed E-state index contributed by atoms with van der Waals surface area (Å²) in [7, 11) is 0. The molecular weight excluding hydrogens is 168 g/mol. The molecule has 0 aliphatic rings. The zero-order valence-electron chi connectivity index (χ0n) is 7.65. The van der Waals surface area contributed by atoms with Crippen molar-refractivity contribution >= 4 is 5.91 Å². The molecule has 0 aliphatic heterocycles. The number of nitrogens with zero attached hydrogens (tertiary/aromatic N) is 1. The van der Waals surface area contributed by atoms with E-state index in [0.717, 1.165) is 5.56 Å². The fourth-order valence-electron chi connectivity index (χ4n) is 1.03. The fraction of sp³-hybridized carbons (Fsp3) is 0.333. The Kier molecular flexibility index (Phi) is 2.51. The minimum Gasteiger partial charge on any atom is -0.619 e. The molecule has 0 aliphatic carbocycles. The number of aromatic nitrogens is 1. The van der Waals surface area contributed by atoms with E-state index < -0.39 is 5.91 Å². The van der Waals surface area contributed by atoms with Crippen LogP contribution in [-0.2, 0) is 0 Å². The van der Waals surface area contributed by atoms with Crippen molar-refractivity contribution < 1.29 is 9.52 Å². The zero-order valence-corrected chi connectivity index (χ0v) is 7.65. The van der Waals surface area contributed by atoms with E-state index in [4.69, 9.17) is 5.73 Å². The van der Waals surface area contributed by atoms with Crippen LogP contribution in [0.5, 0.6) is 0 Å². The lowest BCUT2D eigenvalue weighted by molar-refractivity contribution is -0.606. The predicted octanol–water partition coefficient (Wildman–Crippen LogP) is 0.542. The molecular formula is C9H12N2O2. The van der Waals surface area contributed by atoms with Gasteiger partial charge in [-0.3, -0.25) is 4.79 Å². The molecule has 0 spiro atoms. The van der Waals surface area contributed by atoms with E-state index in [2.05, 4.69) is 0 Å². The summed E-state index contributed by atoms with van der Waals surface area (Å²) in [5, 5.41) is 11.0. The van der Waals surface area contributed by atoms with E-state index >= 15 is 0 Å². The minimum absolute atomic E-state index is 0.208. The van der Waals surface area contributed by atoms with Gasteiger partial charge in [0.05, 0.1) is 0 Å². The maximum Gasteiger partial charge on any atom is 0.254 e. The Morgan fingerprint density at radius 3 is 2.62 bits per heavy atom. The van der Waals surface area contributed by atoms with Crippen molar-refractivity contribution in [3.63, 3.8) is 0 Å². The third-order valence-electron chi connectivity index (χ3n) is 1.82. The molecule has 0 aromatic carbocycles. The molecule has 1 aromatic heterocycles. The van der Waals surface area contributed by atoms with Crippen LogP contribution in [0.15, 0.2) is 18.5 Å². The molecule has 4 heteroatoms. The van der Waals surface area contributed by atoms with Crippen molar-refractivity contribution in [3.8, 4) is 0 Å². The van der Waals surface area contributed by atoms with Crippen molar-refractivity contribution in [1.82, 2.24) is 0 Å². The summed E-state index contributed by atoms with van der Waals surface area (Å²) in [5.74, 6) is -0.369. The normalized spacial score (nSPS) is 10.4. The average Bonchev–Trinajstić information content (AvgIpc) is 2.03. The first-order chi connectivity index (χ1) is 6.00.